The van der Waals surface area contributed by atoms with Gasteiger partial charge in [0.05, 0.1) is 12.8 Å². The molecule has 2 aromatic rings. The van der Waals surface area contributed by atoms with Crippen LogP contribution in [0.3, 0.4) is 0 Å². The minimum atomic E-state index is 0.424. The zero-order valence-corrected chi connectivity index (χ0v) is 15.2. The fourth-order valence-electron chi connectivity index (χ4n) is 3.40. The summed E-state index contributed by atoms with van der Waals surface area (Å²) in [7, 11) is 3.78. The van der Waals surface area contributed by atoms with E-state index in [1.165, 1.54) is 5.69 Å². The Kier molecular flexibility index (Phi) is 6.25. The molecule has 1 N–H and O–H groups in total. The van der Waals surface area contributed by atoms with Crippen LogP contribution in [0.1, 0.15) is 5.69 Å². The van der Waals surface area contributed by atoms with Gasteiger partial charge in [0.15, 0.2) is 0 Å². The molecule has 0 unspecified atom stereocenters. The molecule has 25 heavy (non-hydrogen) atoms. The molecular weight excluding hydrogens is 312 g/mol. The van der Waals surface area contributed by atoms with Gasteiger partial charge in [-0.3, -0.25) is 9.88 Å². The number of likely N-dealkylation sites (N-methyl/N-ethyl adjacent to an activating group) is 1. The summed E-state index contributed by atoms with van der Waals surface area (Å²) in [4.78, 5) is 9.41. The van der Waals surface area contributed by atoms with E-state index in [2.05, 4.69) is 44.4 Å². The van der Waals surface area contributed by atoms with Gasteiger partial charge in [0.25, 0.3) is 0 Å². The van der Waals surface area contributed by atoms with Crippen molar-refractivity contribution in [3.05, 3.63) is 54.4 Å². The molecule has 134 valence electrons. The summed E-state index contributed by atoms with van der Waals surface area (Å²) >= 11 is 0. The molecule has 1 saturated heterocycles. The van der Waals surface area contributed by atoms with Gasteiger partial charge in [0.1, 0.15) is 5.75 Å². The number of hydrogen-bond donors (Lipinski definition) is 1. The third-order valence-electron chi connectivity index (χ3n) is 4.87. The van der Waals surface area contributed by atoms with Crippen molar-refractivity contribution < 1.29 is 4.74 Å². The van der Waals surface area contributed by atoms with Gasteiger partial charge in [-0.25, -0.2) is 0 Å². The number of anilines is 1. The van der Waals surface area contributed by atoms with Gasteiger partial charge in [-0.2, -0.15) is 0 Å². The van der Waals surface area contributed by atoms with Crippen molar-refractivity contribution in [3.8, 4) is 5.75 Å². The van der Waals surface area contributed by atoms with Crippen LogP contribution in [0.5, 0.6) is 5.75 Å². The molecule has 1 aliphatic rings. The maximum Gasteiger partial charge on any atom is 0.142 e. The first kappa shape index (κ1) is 17.7. The highest BCUT2D eigenvalue weighted by molar-refractivity contribution is 5.58. The molecule has 0 spiro atoms. The second-order valence-corrected chi connectivity index (χ2v) is 6.47. The molecular formula is C20H28N4O. The van der Waals surface area contributed by atoms with Crippen molar-refractivity contribution in [3.63, 3.8) is 0 Å². The number of rotatable bonds is 7. The van der Waals surface area contributed by atoms with Crippen LogP contribution in [-0.2, 0) is 6.42 Å². The highest BCUT2D eigenvalue weighted by Crippen LogP contribution is 2.28. The highest BCUT2D eigenvalue weighted by atomic mass is 16.5. The average Bonchev–Trinajstić information content (AvgIpc) is 2.69. The highest BCUT2D eigenvalue weighted by Gasteiger charge is 2.21. The number of aromatic nitrogens is 1. The number of benzene rings is 1. The van der Waals surface area contributed by atoms with Crippen LogP contribution in [0.25, 0.3) is 0 Å². The Morgan fingerprint density at radius 3 is 2.52 bits per heavy atom. The van der Waals surface area contributed by atoms with Crippen molar-refractivity contribution >= 4 is 5.69 Å². The van der Waals surface area contributed by atoms with Gasteiger partial charge < -0.3 is 15.0 Å². The molecule has 1 aliphatic heterocycles. The molecule has 3 rings (SSSR count). The lowest BCUT2D eigenvalue weighted by molar-refractivity contribution is 0.231. The lowest BCUT2D eigenvalue weighted by Crippen LogP contribution is -2.51. The van der Waals surface area contributed by atoms with Gasteiger partial charge in [-0.1, -0.05) is 18.2 Å². The number of ether oxygens (including phenoxy) is 1. The Bertz CT molecular complexity index is 641. The van der Waals surface area contributed by atoms with Crippen LogP contribution in [0.15, 0.2) is 48.7 Å². The van der Waals surface area contributed by atoms with Crippen LogP contribution < -0.4 is 15.0 Å². The van der Waals surface area contributed by atoms with Crippen molar-refractivity contribution in [2.45, 2.75) is 12.5 Å². The largest absolute Gasteiger partial charge is 0.495 e. The molecule has 0 saturated carbocycles. The molecule has 5 heteroatoms. The van der Waals surface area contributed by atoms with Crippen LogP contribution in [0.2, 0.25) is 0 Å². The number of nitrogens with zero attached hydrogens (tertiary/aromatic N) is 3. The predicted molar refractivity (Wildman–Crippen MR) is 102 cm³/mol. The molecule has 2 heterocycles. The lowest BCUT2D eigenvalue weighted by Gasteiger charge is -2.38. The summed E-state index contributed by atoms with van der Waals surface area (Å²) < 4.78 is 5.50. The first-order valence-electron chi connectivity index (χ1n) is 8.97. The first-order chi connectivity index (χ1) is 12.3. The summed E-state index contributed by atoms with van der Waals surface area (Å²) in [5.74, 6) is 0.958. The van der Waals surface area contributed by atoms with E-state index in [0.717, 1.165) is 50.6 Å². The molecule has 1 fully saturated rings. The van der Waals surface area contributed by atoms with Gasteiger partial charge in [0, 0.05) is 57.1 Å². The minimum absolute atomic E-state index is 0.424. The molecule has 0 radical (unpaired) electrons. The van der Waals surface area contributed by atoms with E-state index >= 15 is 0 Å². The molecule has 1 aromatic heterocycles. The van der Waals surface area contributed by atoms with Crippen LogP contribution >= 0.6 is 0 Å². The van der Waals surface area contributed by atoms with E-state index in [-0.39, 0.29) is 0 Å². The minimum Gasteiger partial charge on any atom is -0.495 e. The number of piperazine rings is 1. The summed E-state index contributed by atoms with van der Waals surface area (Å²) in [6.45, 7) is 5.24. The number of hydrogen-bond acceptors (Lipinski definition) is 5. The first-order valence-corrected chi connectivity index (χ1v) is 8.97. The summed E-state index contributed by atoms with van der Waals surface area (Å²) in [5, 5.41) is 3.44. The smallest absolute Gasteiger partial charge is 0.142 e. The lowest BCUT2D eigenvalue weighted by atomic mass is 10.1. The van der Waals surface area contributed by atoms with Crippen molar-refractivity contribution in [1.29, 1.82) is 0 Å². The van der Waals surface area contributed by atoms with Crippen molar-refractivity contribution in [1.82, 2.24) is 15.2 Å². The second kappa shape index (κ2) is 8.83. The van der Waals surface area contributed by atoms with E-state index in [9.17, 15) is 0 Å². The maximum atomic E-state index is 5.50. The van der Waals surface area contributed by atoms with E-state index < -0.39 is 0 Å². The topological polar surface area (TPSA) is 40.6 Å². The SMILES string of the molecule is CN[C@H](Cc1ccccn1)CN1CCN(c2ccccc2OC)CC1. The zero-order chi connectivity index (χ0) is 17.5. The Morgan fingerprint density at radius 1 is 1.08 bits per heavy atom. The molecule has 0 bridgehead atoms. The van der Waals surface area contributed by atoms with Gasteiger partial charge in [-0.05, 0) is 31.3 Å². The zero-order valence-electron chi connectivity index (χ0n) is 15.2. The fourth-order valence-corrected chi connectivity index (χ4v) is 3.40. The standard InChI is InChI=1S/C20H28N4O/c1-21-18(15-17-7-5-6-10-22-17)16-23-11-13-24(14-12-23)19-8-3-4-9-20(19)25-2/h3-10,18,21H,11-16H2,1-2H3/t18-/m1/s1. The maximum absolute atomic E-state index is 5.50. The van der Waals surface area contributed by atoms with E-state index in [1.54, 1.807) is 7.11 Å². The third-order valence-corrected chi connectivity index (χ3v) is 4.87. The van der Waals surface area contributed by atoms with Crippen LogP contribution in [0.4, 0.5) is 5.69 Å². The van der Waals surface area contributed by atoms with Crippen LogP contribution in [0, 0.1) is 0 Å². The molecule has 5 nitrogen and oxygen atoms in total. The monoisotopic (exact) mass is 340 g/mol. The van der Waals surface area contributed by atoms with Crippen molar-refractivity contribution in [2.24, 2.45) is 0 Å². The Labute approximate surface area is 150 Å². The number of para-hydroxylation sites is 2. The normalized spacial score (nSPS) is 16.6. The molecule has 0 amide bonds. The number of nitrogens with one attached hydrogen (secondary N) is 1. The number of methoxy groups -OCH3 is 1. The van der Waals surface area contributed by atoms with Gasteiger partial charge >= 0.3 is 0 Å². The fraction of sp³-hybridized carbons (Fsp3) is 0.450. The second-order valence-electron chi connectivity index (χ2n) is 6.47. The van der Waals surface area contributed by atoms with E-state index in [4.69, 9.17) is 4.74 Å². The Balaban J connectivity index is 1.53. The third kappa shape index (κ3) is 4.71. The average molecular weight is 340 g/mol. The van der Waals surface area contributed by atoms with Gasteiger partial charge in [-0.15, -0.1) is 0 Å². The molecule has 1 aromatic carbocycles. The van der Waals surface area contributed by atoms with Crippen molar-refractivity contribution in [2.75, 3.05) is 51.8 Å². The molecule has 0 aliphatic carbocycles. The summed E-state index contributed by atoms with van der Waals surface area (Å²) in [6.07, 6.45) is 2.83. The summed E-state index contributed by atoms with van der Waals surface area (Å²) in [5.41, 5.74) is 2.35. The predicted octanol–water partition coefficient (Wildman–Crippen LogP) is 2.04. The summed E-state index contributed by atoms with van der Waals surface area (Å²) in [6, 6.07) is 14.8. The quantitative estimate of drug-likeness (QED) is 0.835. The Hall–Kier alpha value is -2.11. The molecule has 1 atom stereocenters. The van der Waals surface area contributed by atoms with Crippen LogP contribution in [-0.4, -0.2) is 62.8 Å². The number of pyridine rings is 1. The Morgan fingerprint density at radius 2 is 1.84 bits per heavy atom. The van der Waals surface area contributed by atoms with Gasteiger partial charge in [0.2, 0.25) is 0 Å². The van der Waals surface area contributed by atoms with E-state index in [0.29, 0.717) is 6.04 Å². The van der Waals surface area contributed by atoms with E-state index in [1.807, 2.05) is 31.4 Å².